The van der Waals surface area contributed by atoms with E-state index >= 15 is 0 Å². The molecule has 152 valence electrons. The van der Waals surface area contributed by atoms with Gasteiger partial charge in [0.2, 0.25) is 0 Å². The average molecular weight is 385 g/mol. The lowest BCUT2D eigenvalue weighted by molar-refractivity contribution is 0.116. The number of likely N-dealkylation sites (N-methyl/N-ethyl adjacent to an activating group) is 1. The van der Waals surface area contributed by atoms with E-state index in [1.807, 2.05) is 12.1 Å². The maximum atomic E-state index is 9.92. The van der Waals surface area contributed by atoms with Gasteiger partial charge in [0.1, 0.15) is 11.3 Å². The molecular weight excluding hydrogens is 352 g/mol. The van der Waals surface area contributed by atoms with Crippen molar-refractivity contribution in [3.8, 4) is 5.75 Å². The van der Waals surface area contributed by atoms with Crippen LogP contribution in [0.15, 0.2) is 30.3 Å². The number of hydrogen-bond donors (Lipinski definition) is 1. The Balaban J connectivity index is 1.42. The summed E-state index contributed by atoms with van der Waals surface area (Å²) in [6, 6.07) is 10.3. The summed E-state index contributed by atoms with van der Waals surface area (Å²) in [7, 11) is 3.88. The van der Waals surface area contributed by atoms with Crippen molar-refractivity contribution < 1.29 is 9.84 Å². The van der Waals surface area contributed by atoms with Crippen LogP contribution in [0.1, 0.15) is 5.69 Å². The number of fused-ring (bicyclic) bond motifs is 1. The molecule has 0 bridgehead atoms. The van der Waals surface area contributed by atoms with Gasteiger partial charge in [-0.05, 0) is 31.0 Å². The molecule has 1 N–H and O–H groups in total. The number of para-hydroxylation sites is 1. The molecule has 2 aliphatic rings. The zero-order chi connectivity index (χ0) is 19.5. The number of piperazine rings is 1. The van der Waals surface area contributed by atoms with Gasteiger partial charge in [-0.1, -0.05) is 18.2 Å². The van der Waals surface area contributed by atoms with Crippen LogP contribution >= 0.6 is 0 Å². The highest BCUT2D eigenvalue weighted by Gasteiger charge is 2.34. The van der Waals surface area contributed by atoms with Gasteiger partial charge in [0, 0.05) is 64.4 Å². The lowest BCUT2D eigenvalue weighted by Gasteiger charge is -2.34. The Morgan fingerprint density at radius 3 is 2.57 bits per heavy atom. The lowest BCUT2D eigenvalue weighted by Crippen LogP contribution is -2.47. The van der Waals surface area contributed by atoms with E-state index in [1.54, 1.807) is 7.11 Å². The summed E-state index contributed by atoms with van der Waals surface area (Å²) in [6.07, 6.45) is 0. The minimum absolute atomic E-state index is 0.272. The molecule has 2 aliphatic heterocycles. The van der Waals surface area contributed by atoms with Crippen molar-refractivity contribution in [1.82, 2.24) is 19.7 Å². The first-order chi connectivity index (χ1) is 13.7. The van der Waals surface area contributed by atoms with Crippen molar-refractivity contribution in [1.29, 1.82) is 0 Å². The number of ether oxygens (including phenoxy) is 1. The second kappa shape index (κ2) is 8.74. The number of likely N-dealkylation sites (tertiary alicyclic amines) is 1. The molecule has 0 aliphatic carbocycles. The number of pyridine rings is 1. The zero-order valence-electron chi connectivity index (χ0n) is 17.0. The fraction of sp³-hybridized carbons (Fsp3) is 0.591. The summed E-state index contributed by atoms with van der Waals surface area (Å²) in [4.78, 5) is 12.3. The number of aliphatic hydroxyl groups excluding tert-OH is 1. The summed E-state index contributed by atoms with van der Waals surface area (Å²) in [5.74, 6) is 1.71. The van der Waals surface area contributed by atoms with Gasteiger partial charge < -0.3 is 19.6 Å². The maximum absolute atomic E-state index is 9.92. The molecule has 6 heteroatoms. The number of hydrogen-bond acceptors (Lipinski definition) is 6. The molecule has 2 aromatic rings. The van der Waals surface area contributed by atoms with Gasteiger partial charge in [0.05, 0.1) is 12.8 Å². The Morgan fingerprint density at radius 2 is 1.82 bits per heavy atom. The predicted molar refractivity (Wildman–Crippen MR) is 112 cm³/mol. The van der Waals surface area contributed by atoms with Crippen LogP contribution in [0.4, 0.5) is 0 Å². The van der Waals surface area contributed by atoms with Crippen molar-refractivity contribution in [2.75, 3.05) is 66.6 Å². The van der Waals surface area contributed by atoms with Crippen LogP contribution < -0.4 is 4.74 Å². The monoisotopic (exact) mass is 384 g/mol. The summed E-state index contributed by atoms with van der Waals surface area (Å²) in [6.45, 7) is 8.72. The topological polar surface area (TPSA) is 52.1 Å². The molecule has 3 heterocycles. The number of methoxy groups -OCH3 is 1. The molecule has 4 rings (SSSR count). The molecule has 2 fully saturated rings. The fourth-order valence-corrected chi connectivity index (χ4v) is 4.58. The van der Waals surface area contributed by atoms with E-state index in [4.69, 9.17) is 9.72 Å². The van der Waals surface area contributed by atoms with Gasteiger partial charge in [-0.25, -0.2) is 4.98 Å². The second-order valence-corrected chi connectivity index (χ2v) is 8.34. The van der Waals surface area contributed by atoms with Gasteiger partial charge >= 0.3 is 0 Å². The normalized spacial score (nSPS) is 24.8. The van der Waals surface area contributed by atoms with Crippen LogP contribution in [-0.4, -0.2) is 91.4 Å². The van der Waals surface area contributed by atoms with Crippen molar-refractivity contribution in [2.24, 2.45) is 11.8 Å². The van der Waals surface area contributed by atoms with Gasteiger partial charge in [-0.2, -0.15) is 0 Å². The molecule has 2 atom stereocenters. The largest absolute Gasteiger partial charge is 0.494 e. The Kier molecular flexibility index (Phi) is 6.11. The molecule has 0 unspecified atom stereocenters. The summed E-state index contributed by atoms with van der Waals surface area (Å²) >= 11 is 0. The first-order valence-corrected chi connectivity index (χ1v) is 10.3. The van der Waals surface area contributed by atoms with Crippen molar-refractivity contribution >= 4 is 10.9 Å². The molecule has 2 saturated heterocycles. The van der Waals surface area contributed by atoms with Crippen molar-refractivity contribution in [2.45, 2.75) is 6.54 Å². The molecule has 0 saturated carbocycles. The zero-order valence-corrected chi connectivity index (χ0v) is 17.0. The third-order valence-corrected chi connectivity index (χ3v) is 6.32. The van der Waals surface area contributed by atoms with Crippen LogP contribution in [-0.2, 0) is 6.54 Å². The van der Waals surface area contributed by atoms with Gasteiger partial charge in [0.25, 0.3) is 0 Å². The standard InChI is InChI=1S/C22H32N4O2/c1-24-8-10-25(11-9-24)12-18-13-26(14-19(18)16-27)15-20-7-6-17-4-3-5-21(28-2)22(17)23-20/h3-7,18-19,27H,8-16H2,1-2H3/t18-,19-/m1/s1. The van der Waals surface area contributed by atoms with E-state index in [1.165, 1.54) is 0 Å². The quantitative estimate of drug-likeness (QED) is 0.815. The van der Waals surface area contributed by atoms with Crippen LogP contribution in [0.2, 0.25) is 0 Å². The molecular formula is C22H32N4O2. The first kappa shape index (κ1) is 19.6. The van der Waals surface area contributed by atoms with E-state index in [9.17, 15) is 5.11 Å². The van der Waals surface area contributed by atoms with Crippen LogP contribution in [0.5, 0.6) is 5.75 Å². The Hall–Kier alpha value is -1.73. The number of rotatable bonds is 6. The minimum atomic E-state index is 0.272. The number of aliphatic hydroxyl groups is 1. The third-order valence-electron chi connectivity index (χ3n) is 6.32. The molecule has 1 aromatic heterocycles. The predicted octanol–water partition coefficient (Wildman–Crippen LogP) is 1.53. The van der Waals surface area contributed by atoms with Gasteiger partial charge in [-0.3, -0.25) is 4.90 Å². The summed E-state index contributed by atoms with van der Waals surface area (Å²) in [5, 5.41) is 11.0. The summed E-state index contributed by atoms with van der Waals surface area (Å²) < 4.78 is 5.48. The third kappa shape index (κ3) is 4.30. The Morgan fingerprint density at radius 1 is 1.04 bits per heavy atom. The molecule has 0 amide bonds. The molecule has 0 radical (unpaired) electrons. The molecule has 1 aromatic carbocycles. The molecule has 6 nitrogen and oxygen atoms in total. The van der Waals surface area contributed by atoms with Crippen LogP contribution in [0.25, 0.3) is 10.9 Å². The highest BCUT2D eigenvalue weighted by Crippen LogP contribution is 2.27. The van der Waals surface area contributed by atoms with E-state index in [0.717, 1.165) is 74.7 Å². The average Bonchev–Trinajstić information content (AvgIpc) is 3.10. The first-order valence-electron chi connectivity index (χ1n) is 10.3. The highest BCUT2D eigenvalue weighted by atomic mass is 16.5. The van der Waals surface area contributed by atoms with Crippen molar-refractivity contribution in [3.63, 3.8) is 0 Å². The van der Waals surface area contributed by atoms with Gasteiger partial charge in [-0.15, -0.1) is 0 Å². The van der Waals surface area contributed by atoms with E-state index in [-0.39, 0.29) is 6.61 Å². The van der Waals surface area contributed by atoms with E-state index < -0.39 is 0 Å². The molecule has 0 spiro atoms. The number of nitrogens with zero attached hydrogens (tertiary/aromatic N) is 4. The summed E-state index contributed by atoms with van der Waals surface area (Å²) in [5.41, 5.74) is 1.99. The number of aromatic nitrogens is 1. The Bertz CT molecular complexity index is 791. The maximum Gasteiger partial charge on any atom is 0.145 e. The van der Waals surface area contributed by atoms with E-state index in [0.29, 0.717) is 11.8 Å². The van der Waals surface area contributed by atoms with E-state index in [2.05, 4.69) is 39.9 Å². The SMILES string of the molecule is COc1cccc2ccc(CN3C[C@@H](CN4CCN(C)CC4)[C@@H](CO)C3)nc12. The van der Waals surface area contributed by atoms with Crippen LogP contribution in [0.3, 0.4) is 0 Å². The smallest absolute Gasteiger partial charge is 0.145 e. The second-order valence-electron chi connectivity index (χ2n) is 8.34. The fourth-order valence-electron chi connectivity index (χ4n) is 4.58. The molecule has 28 heavy (non-hydrogen) atoms. The number of benzene rings is 1. The van der Waals surface area contributed by atoms with Crippen LogP contribution in [0, 0.1) is 11.8 Å². The lowest BCUT2D eigenvalue weighted by atomic mass is 9.96. The Labute approximate surface area is 167 Å². The minimum Gasteiger partial charge on any atom is -0.494 e. The van der Waals surface area contributed by atoms with Gasteiger partial charge in [0.15, 0.2) is 0 Å². The highest BCUT2D eigenvalue weighted by molar-refractivity contribution is 5.84. The van der Waals surface area contributed by atoms with Crippen molar-refractivity contribution in [3.05, 3.63) is 36.0 Å².